The molecule has 198 valence electrons. The second-order valence-electron chi connectivity index (χ2n) is 10.5. The fourth-order valence-corrected chi connectivity index (χ4v) is 9.21. The minimum atomic E-state index is -0.867. The predicted molar refractivity (Wildman–Crippen MR) is 142 cm³/mol. The summed E-state index contributed by atoms with van der Waals surface area (Å²) in [5.41, 5.74) is 2.24. The van der Waals surface area contributed by atoms with Crippen molar-refractivity contribution in [3.8, 4) is 0 Å². The zero-order valence-electron chi connectivity index (χ0n) is 21.2. The van der Waals surface area contributed by atoms with Crippen LogP contribution in [0, 0.1) is 11.8 Å². The third-order valence-corrected chi connectivity index (χ3v) is 10.5. The first-order valence-corrected chi connectivity index (χ1v) is 13.6. The lowest BCUT2D eigenvalue weighted by molar-refractivity contribution is -0.143. The normalized spacial score (nSPS) is 30.4. The van der Waals surface area contributed by atoms with E-state index in [1.165, 1.54) is 0 Å². The van der Waals surface area contributed by atoms with Gasteiger partial charge in [0, 0.05) is 11.8 Å². The fraction of sp³-hybridized carbons (Fsp3) is 0.444. The lowest BCUT2D eigenvalue weighted by Gasteiger charge is -2.37. The summed E-state index contributed by atoms with van der Waals surface area (Å²) in [5.74, 6) is -2.00. The highest BCUT2D eigenvalue weighted by Gasteiger charge is 2.77. The van der Waals surface area contributed by atoms with Gasteiger partial charge in [-0.1, -0.05) is 47.7 Å². The Morgan fingerprint density at radius 1 is 1.13 bits per heavy atom. The number of likely N-dealkylation sites (tertiary alicyclic amines) is 1. The summed E-state index contributed by atoms with van der Waals surface area (Å²) in [6.07, 6.45) is 1.35. The zero-order chi connectivity index (χ0) is 26.7. The Morgan fingerprint density at radius 3 is 2.61 bits per heavy atom. The van der Waals surface area contributed by atoms with Crippen molar-refractivity contribution >= 4 is 40.5 Å². The van der Waals surface area contributed by atoms with Gasteiger partial charge in [0.05, 0.1) is 34.7 Å². The molecule has 0 radical (unpaired) electrons. The standard InChI is InChI=1S/C27H30N6O4S/c1-26-12-13-27(38-26)21(20(26)23(35)28-2)25(37)33(19(14-34)16-8-4-3-5-9-16)22(27)24(36)29-15-32-18-11-7-6-10-17(18)30-31-32/h3-11,19-22,34H,12-15H2,1-2H3,(H,28,35)(H,29,36)/t19-,20+,21+,22?,26-,27?/m1/s1. The Hall–Kier alpha value is -3.44. The van der Waals surface area contributed by atoms with Crippen molar-refractivity contribution in [1.82, 2.24) is 30.5 Å². The zero-order valence-corrected chi connectivity index (χ0v) is 22.0. The van der Waals surface area contributed by atoms with E-state index in [2.05, 4.69) is 20.9 Å². The van der Waals surface area contributed by atoms with E-state index >= 15 is 0 Å². The van der Waals surface area contributed by atoms with Crippen LogP contribution in [0.15, 0.2) is 54.6 Å². The Balaban J connectivity index is 1.40. The van der Waals surface area contributed by atoms with Gasteiger partial charge in [-0.15, -0.1) is 16.9 Å². The third-order valence-electron chi connectivity index (χ3n) is 8.51. The summed E-state index contributed by atoms with van der Waals surface area (Å²) in [7, 11) is 1.58. The number of aliphatic hydroxyl groups excluding tert-OH is 1. The summed E-state index contributed by atoms with van der Waals surface area (Å²) in [6.45, 7) is 1.76. The lowest BCUT2D eigenvalue weighted by Crippen LogP contribution is -2.54. The topological polar surface area (TPSA) is 129 Å². The van der Waals surface area contributed by atoms with Gasteiger partial charge in [0.25, 0.3) is 0 Å². The number of benzene rings is 2. The molecule has 0 saturated carbocycles. The van der Waals surface area contributed by atoms with Crippen molar-refractivity contribution < 1.29 is 19.5 Å². The molecular formula is C27H30N6O4S. The molecule has 3 N–H and O–H groups in total. The van der Waals surface area contributed by atoms with Crippen LogP contribution in [0.1, 0.15) is 31.4 Å². The molecule has 3 fully saturated rings. The molecule has 3 aliphatic rings. The molecule has 3 amide bonds. The van der Waals surface area contributed by atoms with Gasteiger partial charge in [-0.2, -0.15) is 0 Å². The summed E-state index contributed by atoms with van der Waals surface area (Å²) in [5, 5.41) is 24.6. The Kier molecular flexibility index (Phi) is 5.95. The quantitative estimate of drug-likeness (QED) is 0.419. The number of aliphatic hydroxyl groups is 1. The first-order valence-electron chi connectivity index (χ1n) is 12.8. The van der Waals surface area contributed by atoms with Gasteiger partial charge in [-0.25, -0.2) is 4.68 Å². The van der Waals surface area contributed by atoms with Gasteiger partial charge in [0.2, 0.25) is 17.7 Å². The molecule has 0 aliphatic carbocycles. The van der Waals surface area contributed by atoms with E-state index in [1.807, 2.05) is 61.5 Å². The number of nitrogens with one attached hydrogen (secondary N) is 2. The molecule has 3 aromatic rings. The highest BCUT2D eigenvalue weighted by atomic mass is 32.2. The number of hydrogen-bond donors (Lipinski definition) is 3. The van der Waals surface area contributed by atoms with Gasteiger partial charge in [0.1, 0.15) is 18.2 Å². The molecule has 1 spiro atoms. The number of hydrogen-bond acceptors (Lipinski definition) is 7. The number of thioether (sulfide) groups is 1. The summed E-state index contributed by atoms with van der Waals surface area (Å²) in [4.78, 5) is 43.0. The second-order valence-corrected chi connectivity index (χ2v) is 12.4. The maximum Gasteiger partial charge on any atom is 0.245 e. The van der Waals surface area contributed by atoms with Gasteiger partial charge in [-0.05, 0) is 37.5 Å². The van der Waals surface area contributed by atoms with Crippen LogP contribution in [-0.2, 0) is 21.1 Å². The van der Waals surface area contributed by atoms with Crippen LogP contribution in [0.3, 0.4) is 0 Å². The van der Waals surface area contributed by atoms with Crippen LogP contribution in [0.25, 0.3) is 11.0 Å². The fourth-order valence-electron chi connectivity index (χ4n) is 6.87. The molecule has 2 aromatic carbocycles. The van der Waals surface area contributed by atoms with Crippen LogP contribution >= 0.6 is 11.8 Å². The van der Waals surface area contributed by atoms with Crippen LogP contribution < -0.4 is 10.6 Å². The minimum Gasteiger partial charge on any atom is -0.394 e. The van der Waals surface area contributed by atoms with Crippen molar-refractivity contribution in [1.29, 1.82) is 0 Å². The third kappa shape index (κ3) is 3.48. The molecule has 6 rings (SSSR count). The minimum absolute atomic E-state index is 0.0779. The van der Waals surface area contributed by atoms with E-state index in [0.717, 1.165) is 17.5 Å². The number of nitrogens with zero attached hydrogens (tertiary/aromatic N) is 4. The van der Waals surface area contributed by atoms with E-state index in [4.69, 9.17) is 0 Å². The average molecular weight is 535 g/mol. The smallest absolute Gasteiger partial charge is 0.245 e. The average Bonchev–Trinajstić information content (AvgIpc) is 3.64. The molecule has 38 heavy (non-hydrogen) atoms. The van der Waals surface area contributed by atoms with Crippen molar-refractivity contribution in [2.45, 2.75) is 48.0 Å². The van der Waals surface area contributed by atoms with Gasteiger partial charge >= 0.3 is 0 Å². The number of aromatic nitrogens is 3. The highest BCUT2D eigenvalue weighted by Crippen LogP contribution is 2.71. The molecule has 3 saturated heterocycles. The molecule has 3 aliphatic heterocycles. The van der Waals surface area contributed by atoms with Crippen LogP contribution in [0.5, 0.6) is 0 Å². The van der Waals surface area contributed by atoms with Gasteiger partial charge in [0.15, 0.2) is 0 Å². The number of carbonyl (C=O) groups excluding carboxylic acids is 3. The predicted octanol–water partition coefficient (Wildman–Crippen LogP) is 1.47. The highest BCUT2D eigenvalue weighted by molar-refractivity contribution is 8.02. The molecule has 2 bridgehead atoms. The number of carbonyl (C=O) groups is 3. The van der Waals surface area contributed by atoms with Gasteiger partial charge < -0.3 is 20.6 Å². The second kappa shape index (κ2) is 9.09. The lowest BCUT2D eigenvalue weighted by atomic mass is 9.66. The van der Waals surface area contributed by atoms with Crippen LogP contribution in [-0.4, -0.2) is 71.9 Å². The first kappa shape index (κ1) is 24.9. The molecule has 6 atom stereocenters. The van der Waals surface area contributed by atoms with Crippen molar-refractivity contribution in [3.05, 3.63) is 60.2 Å². The molecular weight excluding hydrogens is 504 g/mol. The van der Waals surface area contributed by atoms with E-state index < -0.39 is 33.4 Å². The Bertz CT molecular complexity index is 1410. The number of rotatable bonds is 7. The number of fused-ring (bicyclic) bond motifs is 2. The van der Waals surface area contributed by atoms with Crippen molar-refractivity contribution in [3.63, 3.8) is 0 Å². The van der Waals surface area contributed by atoms with Gasteiger partial charge in [-0.3, -0.25) is 14.4 Å². The molecule has 11 heteroatoms. The maximum absolute atomic E-state index is 14.3. The van der Waals surface area contributed by atoms with E-state index in [0.29, 0.717) is 11.9 Å². The number of para-hydroxylation sites is 1. The van der Waals surface area contributed by atoms with Crippen LogP contribution in [0.4, 0.5) is 0 Å². The largest absolute Gasteiger partial charge is 0.394 e. The molecule has 4 heterocycles. The van der Waals surface area contributed by atoms with E-state index in [9.17, 15) is 19.5 Å². The summed E-state index contributed by atoms with van der Waals surface area (Å²) < 4.78 is 0.381. The van der Waals surface area contributed by atoms with Crippen LogP contribution in [0.2, 0.25) is 0 Å². The Labute approximate surface area is 224 Å². The monoisotopic (exact) mass is 534 g/mol. The van der Waals surface area contributed by atoms with E-state index in [1.54, 1.807) is 28.4 Å². The Morgan fingerprint density at radius 2 is 1.87 bits per heavy atom. The maximum atomic E-state index is 14.3. The van der Waals surface area contributed by atoms with Crippen molar-refractivity contribution in [2.24, 2.45) is 11.8 Å². The summed E-state index contributed by atoms with van der Waals surface area (Å²) >= 11 is 1.60. The number of amides is 3. The van der Waals surface area contributed by atoms with Crippen molar-refractivity contribution in [2.75, 3.05) is 13.7 Å². The summed E-state index contributed by atoms with van der Waals surface area (Å²) in [6, 6.07) is 15.1. The molecule has 1 aromatic heterocycles. The SMILES string of the molecule is CNC(=O)[C@@H]1[C@H]2C(=O)N([C@H](CO)c3ccccc3)C(C(=O)NCn3nnc4ccccc43)C23CC[C@@]1(C)S3. The first-order chi connectivity index (χ1) is 18.3. The van der Waals surface area contributed by atoms with E-state index in [-0.39, 0.29) is 31.0 Å². The molecule has 10 nitrogen and oxygen atoms in total. The molecule has 2 unspecified atom stereocenters.